The van der Waals surface area contributed by atoms with Gasteiger partial charge < -0.3 is 10.8 Å². The maximum absolute atomic E-state index is 13.0. The highest BCUT2D eigenvalue weighted by Crippen LogP contribution is 2.15. The summed E-state index contributed by atoms with van der Waals surface area (Å²) in [4.78, 5) is 13.5. The van der Waals surface area contributed by atoms with Gasteiger partial charge >= 0.3 is 5.97 Å². The van der Waals surface area contributed by atoms with Crippen LogP contribution in [-0.2, 0) is 4.79 Å². The molecule has 1 rings (SSSR count). The number of rotatable bonds is 3. The fourth-order valence-electron chi connectivity index (χ4n) is 0.978. The van der Waals surface area contributed by atoms with Crippen LogP contribution in [0.5, 0.6) is 0 Å². The minimum absolute atomic E-state index is 0.368. The van der Waals surface area contributed by atoms with E-state index >= 15 is 0 Å². The summed E-state index contributed by atoms with van der Waals surface area (Å²) < 4.78 is 25.5. The van der Waals surface area contributed by atoms with Crippen LogP contribution in [0.2, 0.25) is 0 Å². The number of hydrogen-bond donors (Lipinski definition) is 2. The lowest BCUT2D eigenvalue weighted by Crippen LogP contribution is -2.18. The van der Waals surface area contributed by atoms with Crippen LogP contribution in [0.4, 0.5) is 8.78 Å². The Hall–Kier alpha value is -1.56. The number of aromatic nitrogens is 1. The van der Waals surface area contributed by atoms with Crippen LogP contribution in [0.25, 0.3) is 0 Å². The number of halogens is 2. The minimum atomic E-state index is -1.19. The van der Waals surface area contributed by atoms with Crippen molar-refractivity contribution in [1.82, 2.24) is 4.98 Å². The number of aliphatic carboxylic acids is 1. The normalized spacial score (nSPS) is 12.5. The zero-order chi connectivity index (χ0) is 10.7. The first-order valence-corrected chi connectivity index (χ1v) is 3.80. The van der Waals surface area contributed by atoms with E-state index in [1.165, 1.54) is 0 Å². The quantitative estimate of drug-likeness (QED) is 0.712. The summed E-state index contributed by atoms with van der Waals surface area (Å²) in [6.07, 6.45) is -0.493. The summed E-state index contributed by atoms with van der Waals surface area (Å²) in [5.41, 5.74) is 4.95. The summed E-state index contributed by atoms with van der Waals surface area (Å²) in [6, 6.07) is 0.564. The second-order valence-electron chi connectivity index (χ2n) is 2.71. The van der Waals surface area contributed by atoms with Crippen LogP contribution >= 0.6 is 0 Å². The number of nitrogens with zero attached hydrogens (tertiary/aromatic N) is 1. The SMILES string of the molecule is N[C@H](CC(=O)O)c1nc(F)ccc1F. The lowest BCUT2D eigenvalue weighted by Gasteiger charge is -2.08. The topological polar surface area (TPSA) is 76.2 Å². The van der Waals surface area contributed by atoms with Crippen LogP contribution in [-0.4, -0.2) is 16.1 Å². The highest BCUT2D eigenvalue weighted by Gasteiger charge is 2.17. The molecule has 0 fully saturated rings. The van der Waals surface area contributed by atoms with Crippen LogP contribution < -0.4 is 5.73 Å². The Labute approximate surface area is 78.4 Å². The van der Waals surface area contributed by atoms with Gasteiger partial charge in [0.25, 0.3) is 0 Å². The van der Waals surface area contributed by atoms with Crippen LogP contribution in [0.15, 0.2) is 12.1 Å². The molecule has 1 aromatic rings. The summed E-state index contributed by atoms with van der Waals surface area (Å²) >= 11 is 0. The van der Waals surface area contributed by atoms with E-state index in [-0.39, 0.29) is 5.69 Å². The van der Waals surface area contributed by atoms with Crippen molar-refractivity contribution in [3.8, 4) is 0 Å². The predicted octanol–water partition coefficient (Wildman–Crippen LogP) is 0.834. The predicted molar refractivity (Wildman–Crippen MR) is 43.3 cm³/mol. The fourth-order valence-corrected chi connectivity index (χ4v) is 0.978. The van der Waals surface area contributed by atoms with E-state index in [2.05, 4.69) is 4.98 Å². The van der Waals surface area contributed by atoms with Crippen LogP contribution in [0, 0.1) is 11.8 Å². The Balaban J connectivity index is 2.93. The summed E-state index contributed by atoms with van der Waals surface area (Å²) in [5, 5.41) is 8.38. The van der Waals surface area contributed by atoms with Crippen molar-refractivity contribution in [2.45, 2.75) is 12.5 Å². The maximum atomic E-state index is 13.0. The van der Waals surface area contributed by atoms with Crippen molar-refractivity contribution >= 4 is 5.97 Å². The lowest BCUT2D eigenvalue weighted by atomic mass is 10.1. The largest absolute Gasteiger partial charge is 0.481 e. The molecule has 0 radical (unpaired) electrons. The summed E-state index contributed by atoms with van der Waals surface area (Å²) in [7, 11) is 0. The molecule has 14 heavy (non-hydrogen) atoms. The van der Waals surface area contributed by atoms with Crippen molar-refractivity contribution in [2.24, 2.45) is 5.73 Å². The zero-order valence-corrected chi connectivity index (χ0v) is 7.08. The Kier molecular flexibility index (Phi) is 3.08. The summed E-state index contributed by atoms with van der Waals surface area (Å²) in [6.45, 7) is 0. The average molecular weight is 202 g/mol. The monoisotopic (exact) mass is 202 g/mol. The van der Waals surface area contributed by atoms with Gasteiger partial charge in [-0.3, -0.25) is 4.79 Å². The molecular formula is C8H8F2N2O2. The van der Waals surface area contributed by atoms with Gasteiger partial charge in [-0.15, -0.1) is 0 Å². The van der Waals surface area contributed by atoms with Crippen LogP contribution in [0.1, 0.15) is 18.2 Å². The molecule has 3 N–H and O–H groups in total. The third-order valence-electron chi connectivity index (χ3n) is 1.58. The molecule has 0 bridgehead atoms. The van der Waals surface area contributed by atoms with Crippen molar-refractivity contribution in [3.63, 3.8) is 0 Å². The van der Waals surface area contributed by atoms with Gasteiger partial charge in [-0.25, -0.2) is 9.37 Å². The Morgan fingerprint density at radius 2 is 2.21 bits per heavy atom. The summed E-state index contributed by atoms with van der Waals surface area (Å²) in [5.74, 6) is -2.88. The first kappa shape index (κ1) is 10.5. The zero-order valence-electron chi connectivity index (χ0n) is 7.08. The van der Waals surface area contributed by atoms with Gasteiger partial charge in [0.15, 0.2) is 0 Å². The van der Waals surface area contributed by atoms with E-state index in [1.54, 1.807) is 0 Å². The highest BCUT2D eigenvalue weighted by atomic mass is 19.1. The minimum Gasteiger partial charge on any atom is -0.481 e. The molecule has 1 aromatic heterocycles. The number of hydrogen-bond acceptors (Lipinski definition) is 3. The highest BCUT2D eigenvalue weighted by molar-refractivity contribution is 5.67. The standard InChI is InChI=1S/C8H8F2N2O2/c9-4-1-2-6(10)12-8(4)5(11)3-7(13)14/h1-2,5H,3,11H2,(H,13,14)/t5-/m1/s1. The second kappa shape index (κ2) is 4.10. The molecule has 76 valence electrons. The van der Waals surface area contributed by atoms with Crippen molar-refractivity contribution < 1.29 is 18.7 Å². The van der Waals surface area contributed by atoms with E-state index in [0.29, 0.717) is 0 Å². The smallest absolute Gasteiger partial charge is 0.305 e. The van der Waals surface area contributed by atoms with Gasteiger partial charge in [0.2, 0.25) is 5.95 Å². The Morgan fingerprint density at radius 3 is 2.79 bits per heavy atom. The van der Waals surface area contributed by atoms with E-state index in [9.17, 15) is 13.6 Å². The van der Waals surface area contributed by atoms with Crippen molar-refractivity contribution in [3.05, 3.63) is 29.6 Å². The molecule has 0 unspecified atom stereocenters. The molecule has 1 atom stereocenters. The molecule has 1 heterocycles. The van der Waals surface area contributed by atoms with Crippen molar-refractivity contribution in [2.75, 3.05) is 0 Å². The first-order valence-electron chi connectivity index (χ1n) is 3.80. The molecule has 0 saturated heterocycles. The molecule has 6 heteroatoms. The molecule has 0 amide bonds. The fraction of sp³-hybridized carbons (Fsp3) is 0.250. The molecule has 0 aliphatic rings. The number of nitrogens with two attached hydrogens (primary N) is 1. The third-order valence-corrected chi connectivity index (χ3v) is 1.58. The molecule has 0 aliphatic carbocycles. The number of carboxylic acid groups (broad SMARTS) is 1. The first-order chi connectivity index (χ1) is 6.50. The van der Waals surface area contributed by atoms with Gasteiger partial charge in [-0.1, -0.05) is 0 Å². The molecule has 0 aromatic carbocycles. The molecule has 4 nitrogen and oxygen atoms in total. The lowest BCUT2D eigenvalue weighted by molar-refractivity contribution is -0.137. The van der Waals surface area contributed by atoms with E-state index in [1.807, 2.05) is 0 Å². The Morgan fingerprint density at radius 1 is 1.57 bits per heavy atom. The van der Waals surface area contributed by atoms with Gasteiger partial charge in [0.1, 0.15) is 5.82 Å². The van der Waals surface area contributed by atoms with Gasteiger partial charge in [-0.05, 0) is 12.1 Å². The number of carboxylic acids is 1. The number of pyridine rings is 1. The number of carbonyl (C=O) groups is 1. The van der Waals surface area contributed by atoms with Gasteiger partial charge in [0, 0.05) is 0 Å². The Bertz CT molecular complexity index is 357. The van der Waals surface area contributed by atoms with E-state index in [4.69, 9.17) is 10.8 Å². The molecule has 0 saturated carbocycles. The van der Waals surface area contributed by atoms with Crippen LogP contribution in [0.3, 0.4) is 0 Å². The second-order valence-corrected chi connectivity index (χ2v) is 2.71. The maximum Gasteiger partial charge on any atom is 0.305 e. The molecule has 0 spiro atoms. The van der Waals surface area contributed by atoms with Crippen molar-refractivity contribution in [1.29, 1.82) is 0 Å². The van der Waals surface area contributed by atoms with Gasteiger partial charge in [0.05, 0.1) is 18.2 Å². The third kappa shape index (κ3) is 2.46. The van der Waals surface area contributed by atoms with E-state index < -0.39 is 30.2 Å². The van der Waals surface area contributed by atoms with E-state index in [0.717, 1.165) is 12.1 Å². The molecular weight excluding hydrogens is 194 g/mol. The molecule has 0 aliphatic heterocycles. The van der Waals surface area contributed by atoms with Gasteiger partial charge in [-0.2, -0.15) is 4.39 Å². The average Bonchev–Trinajstić information content (AvgIpc) is 2.08.